The number of benzene rings is 2. The summed E-state index contributed by atoms with van der Waals surface area (Å²) in [6.07, 6.45) is 5.52. The summed E-state index contributed by atoms with van der Waals surface area (Å²) in [5.74, 6) is -0.403. The van der Waals surface area contributed by atoms with Crippen LogP contribution in [0.15, 0.2) is 53.2 Å². The number of aliphatic imine (C=N–C) groups is 1. The molecule has 8 heteroatoms. The highest BCUT2D eigenvalue weighted by molar-refractivity contribution is 6.31. The molecule has 2 atom stereocenters. The first-order valence-corrected chi connectivity index (χ1v) is 12.2. The molecular formula is C27H26ClN5O2. The third-order valence-corrected chi connectivity index (χ3v) is 7.32. The molecule has 0 bridgehead atoms. The van der Waals surface area contributed by atoms with Crippen LogP contribution in [0, 0.1) is 17.2 Å². The number of halogens is 1. The summed E-state index contributed by atoms with van der Waals surface area (Å²) in [5, 5.41) is 12.9. The predicted molar refractivity (Wildman–Crippen MR) is 137 cm³/mol. The van der Waals surface area contributed by atoms with Gasteiger partial charge in [-0.05, 0) is 53.8 Å². The van der Waals surface area contributed by atoms with E-state index >= 15 is 0 Å². The highest BCUT2D eigenvalue weighted by Gasteiger charge is 2.40. The topological polar surface area (TPSA) is 88.8 Å². The minimum atomic E-state index is -0.434. The van der Waals surface area contributed by atoms with E-state index in [0.29, 0.717) is 35.9 Å². The van der Waals surface area contributed by atoms with E-state index in [1.54, 1.807) is 40.4 Å². The van der Waals surface area contributed by atoms with Gasteiger partial charge in [0, 0.05) is 48.0 Å². The minimum absolute atomic E-state index is 0.0528. The van der Waals surface area contributed by atoms with Crippen molar-refractivity contribution in [1.29, 1.82) is 5.26 Å². The van der Waals surface area contributed by atoms with Gasteiger partial charge in [-0.2, -0.15) is 5.26 Å². The van der Waals surface area contributed by atoms with Gasteiger partial charge >= 0.3 is 0 Å². The van der Waals surface area contributed by atoms with E-state index in [9.17, 15) is 14.9 Å². The maximum atomic E-state index is 13.6. The third kappa shape index (κ3) is 4.54. The van der Waals surface area contributed by atoms with Crippen LogP contribution < -0.4 is 15.1 Å². The smallest absolute Gasteiger partial charge is 0.232 e. The molecule has 0 aliphatic carbocycles. The van der Waals surface area contributed by atoms with Crippen molar-refractivity contribution in [2.45, 2.75) is 32.1 Å². The van der Waals surface area contributed by atoms with Gasteiger partial charge in [-0.3, -0.25) is 14.6 Å². The van der Waals surface area contributed by atoms with Crippen LogP contribution in [0.2, 0.25) is 5.02 Å². The Hall–Kier alpha value is -3.63. The van der Waals surface area contributed by atoms with Crippen molar-refractivity contribution in [2.24, 2.45) is 10.9 Å². The molecule has 1 N–H and O–H groups in total. The van der Waals surface area contributed by atoms with Crippen molar-refractivity contribution in [2.75, 3.05) is 29.4 Å². The Kier molecular flexibility index (Phi) is 6.31. The zero-order valence-electron chi connectivity index (χ0n) is 19.5. The standard InChI is InChI=1S/C27H26ClN5O2/c1-17-14-33(25-10-24(28)20(8-23(17)25)6-5-19-12-30-16-31-13-19)27(35)21-9-26(34)32(15-21)22-4-2-3-18(7-22)11-29/h2-4,7-8,10,12,16-17,21H,5-6,9,13-15H2,1H3,(H,30,31). The van der Waals surface area contributed by atoms with Crippen molar-refractivity contribution in [3.8, 4) is 6.07 Å². The Morgan fingerprint density at radius 3 is 2.89 bits per heavy atom. The molecule has 0 spiro atoms. The maximum absolute atomic E-state index is 13.6. The molecule has 3 aliphatic rings. The molecule has 1 fully saturated rings. The molecule has 2 aromatic rings. The number of nitriles is 1. The van der Waals surface area contributed by atoms with Gasteiger partial charge in [0.2, 0.25) is 11.8 Å². The van der Waals surface area contributed by atoms with Crippen LogP contribution in [0.5, 0.6) is 0 Å². The zero-order valence-corrected chi connectivity index (χ0v) is 20.3. The molecule has 0 aromatic heterocycles. The number of carbonyl (C=O) groups excluding carboxylic acids is 2. The zero-order chi connectivity index (χ0) is 24.5. The normalized spacial score (nSPS) is 20.9. The number of hydrogen-bond donors (Lipinski definition) is 1. The molecule has 178 valence electrons. The van der Waals surface area contributed by atoms with Crippen LogP contribution in [0.4, 0.5) is 11.4 Å². The lowest BCUT2D eigenvalue weighted by molar-refractivity contribution is -0.124. The first-order valence-electron chi connectivity index (χ1n) is 11.8. The van der Waals surface area contributed by atoms with E-state index in [0.717, 1.165) is 29.7 Å². The van der Waals surface area contributed by atoms with Crippen LogP contribution in [-0.4, -0.2) is 37.8 Å². The predicted octanol–water partition coefficient (Wildman–Crippen LogP) is 4.16. The summed E-state index contributed by atoms with van der Waals surface area (Å²) < 4.78 is 0. The number of hydrogen-bond acceptors (Lipinski definition) is 5. The number of rotatable bonds is 5. The van der Waals surface area contributed by atoms with E-state index < -0.39 is 5.92 Å². The van der Waals surface area contributed by atoms with Crippen molar-refractivity contribution < 1.29 is 9.59 Å². The summed E-state index contributed by atoms with van der Waals surface area (Å²) in [6, 6.07) is 13.1. The lowest BCUT2D eigenvalue weighted by Gasteiger charge is -2.22. The van der Waals surface area contributed by atoms with E-state index in [4.69, 9.17) is 11.6 Å². The molecule has 3 heterocycles. The largest absolute Gasteiger partial charge is 0.353 e. The van der Waals surface area contributed by atoms with Gasteiger partial charge < -0.3 is 15.1 Å². The van der Waals surface area contributed by atoms with E-state index in [1.165, 1.54) is 5.57 Å². The summed E-state index contributed by atoms with van der Waals surface area (Å²) in [4.78, 5) is 34.0. The van der Waals surface area contributed by atoms with Crippen LogP contribution in [0.25, 0.3) is 0 Å². The van der Waals surface area contributed by atoms with Crippen LogP contribution in [0.1, 0.15) is 42.4 Å². The average Bonchev–Trinajstić information content (AvgIpc) is 3.42. The summed E-state index contributed by atoms with van der Waals surface area (Å²) in [7, 11) is 0. The average molecular weight is 488 g/mol. The fourth-order valence-electron chi connectivity index (χ4n) is 5.08. The molecule has 0 radical (unpaired) electrons. The highest BCUT2D eigenvalue weighted by atomic mass is 35.5. The lowest BCUT2D eigenvalue weighted by Crippen LogP contribution is -2.36. The number of carbonyl (C=O) groups is 2. The Morgan fingerprint density at radius 1 is 1.26 bits per heavy atom. The fraction of sp³-hybridized carbons (Fsp3) is 0.333. The second-order valence-corrected chi connectivity index (χ2v) is 9.77. The van der Waals surface area contributed by atoms with Gasteiger partial charge in [-0.15, -0.1) is 0 Å². The summed E-state index contributed by atoms with van der Waals surface area (Å²) in [5.41, 5.74) is 5.40. The Labute approximate surface area is 209 Å². The quantitative estimate of drug-likeness (QED) is 0.685. The fourth-order valence-corrected chi connectivity index (χ4v) is 5.33. The second-order valence-electron chi connectivity index (χ2n) is 9.36. The van der Waals surface area contributed by atoms with Crippen molar-refractivity contribution in [3.05, 3.63) is 69.9 Å². The van der Waals surface area contributed by atoms with E-state index in [-0.39, 0.29) is 24.2 Å². The van der Waals surface area contributed by atoms with Crippen molar-refractivity contribution in [1.82, 2.24) is 5.32 Å². The number of nitrogens with zero attached hydrogens (tertiary/aromatic N) is 4. The number of aryl methyl sites for hydroxylation is 1. The summed E-state index contributed by atoms with van der Waals surface area (Å²) >= 11 is 6.67. The van der Waals surface area contributed by atoms with Gasteiger partial charge in [-0.25, -0.2) is 0 Å². The molecule has 2 amide bonds. The number of amides is 2. The maximum Gasteiger partial charge on any atom is 0.232 e. The van der Waals surface area contributed by atoms with Gasteiger partial charge in [0.1, 0.15) is 0 Å². The Morgan fingerprint density at radius 2 is 2.11 bits per heavy atom. The second kappa shape index (κ2) is 9.55. The molecule has 0 saturated carbocycles. The molecule has 1 saturated heterocycles. The van der Waals surface area contributed by atoms with Crippen LogP contribution in [-0.2, 0) is 16.0 Å². The molecular weight excluding hydrogens is 462 g/mol. The van der Waals surface area contributed by atoms with Gasteiger partial charge in [0.25, 0.3) is 0 Å². The SMILES string of the molecule is CC1CN(C(=O)C2CC(=O)N(c3cccc(C#N)c3)C2)c2cc(Cl)c(CCC3=CNC=NC3)cc21. The minimum Gasteiger partial charge on any atom is -0.353 e. The van der Waals surface area contributed by atoms with Crippen molar-refractivity contribution in [3.63, 3.8) is 0 Å². The Bertz CT molecular complexity index is 1290. The van der Waals surface area contributed by atoms with E-state index in [1.807, 2.05) is 12.3 Å². The molecule has 35 heavy (non-hydrogen) atoms. The first kappa shape index (κ1) is 23.1. The van der Waals surface area contributed by atoms with Crippen molar-refractivity contribution >= 4 is 41.1 Å². The number of nitrogens with one attached hydrogen (secondary N) is 1. The highest BCUT2D eigenvalue weighted by Crippen LogP contribution is 2.41. The Balaban J connectivity index is 1.32. The molecule has 2 unspecified atom stereocenters. The third-order valence-electron chi connectivity index (χ3n) is 6.96. The van der Waals surface area contributed by atoms with E-state index in [2.05, 4.69) is 29.4 Å². The monoisotopic (exact) mass is 487 g/mol. The van der Waals surface area contributed by atoms with Gasteiger partial charge in [-0.1, -0.05) is 30.7 Å². The molecule has 7 nitrogen and oxygen atoms in total. The van der Waals surface area contributed by atoms with Gasteiger partial charge in [0.05, 0.1) is 30.4 Å². The lowest BCUT2D eigenvalue weighted by atomic mass is 9.97. The van der Waals surface area contributed by atoms with Crippen LogP contribution >= 0.6 is 11.6 Å². The first-order chi connectivity index (χ1) is 16.9. The van der Waals surface area contributed by atoms with Gasteiger partial charge in [0.15, 0.2) is 0 Å². The summed E-state index contributed by atoms with van der Waals surface area (Å²) in [6.45, 7) is 3.70. The number of fused-ring (bicyclic) bond motifs is 1. The molecule has 3 aliphatic heterocycles. The molecule has 2 aromatic carbocycles. The van der Waals surface area contributed by atoms with Crippen LogP contribution in [0.3, 0.4) is 0 Å². The number of anilines is 2. The molecule has 5 rings (SSSR count).